The summed E-state index contributed by atoms with van der Waals surface area (Å²) in [4.78, 5) is 21.8. The lowest BCUT2D eigenvalue weighted by molar-refractivity contribution is 0.194. The maximum Gasteiger partial charge on any atom is 0.260 e. The highest BCUT2D eigenvalue weighted by Gasteiger charge is 2.34. The van der Waals surface area contributed by atoms with E-state index in [-0.39, 0.29) is 11.6 Å². The van der Waals surface area contributed by atoms with Crippen molar-refractivity contribution in [2.24, 2.45) is 0 Å². The van der Waals surface area contributed by atoms with Crippen LogP contribution >= 0.6 is 0 Å². The summed E-state index contributed by atoms with van der Waals surface area (Å²) in [6.45, 7) is 0.420. The van der Waals surface area contributed by atoms with Crippen LogP contribution in [0.3, 0.4) is 0 Å². The van der Waals surface area contributed by atoms with Crippen molar-refractivity contribution in [1.82, 2.24) is 9.97 Å². The summed E-state index contributed by atoms with van der Waals surface area (Å²) < 4.78 is 5.30. The van der Waals surface area contributed by atoms with E-state index in [0.29, 0.717) is 29.8 Å². The third kappa shape index (κ3) is 2.85. The lowest BCUT2D eigenvalue weighted by atomic mass is 10.0. The van der Waals surface area contributed by atoms with Gasteiger partial charge in [-0.15, -0.1) is 0 Å². The molecule has 2 heterocycles. The lowest BCUT2D eigenvalue weighted by Crippen LogP contribution is -2.28. The van der Waals surface area contributed by atoms with E-state index in [9.17, 15) is 9.90 Å². The monoisotopic (exact) mass is 337 g/mol. The summed E-state index contributed by atoms with van der Waals surface area (Å²) in [6, 6.07) is 14.9. The maximum atomic E-state index is 12.4. The van der Waals surface area contributed by atoms with Gasteiger partial charge in [-0.25, -0.2) is 4.98 Å². The van der Waals surface area contributed by atoms with Gasteiger partial charge in [0.1, 0.15) is 5.75 Å². The first-order chi connectivity index (χ1) is 12.2. The summed E-state index contributed by atoms with van der Waals surface area (Å²) in [5.74, 6) is 1.24. The normalized spacial score (nSPS) is 20.2. The number of benzene rings is 2. The summed E-state index contributed by atoms with van der Waals surface area (Å²) in [5, 5.41) is 10.8. The van der Waals surface area contributed by atoms with Gasteiger partial charge in [-0.1, -0.05) is 24.3 Å². The maximum absolute atomic E-state index is 12.4. The average molecular weight is 337 g/mol. The second-order valence-corrected chi connectivity index (χ2v) is 6.24. The first kappa shape index (κ1) is 15.7. The number of aromatic nitrogens is 2. The van der Waals surface area contributed by atoms with E-state index < -0.39 is 6.10 Å². The van der Waals surface area contributed by atoms with Gasteiger partial charge in [0, 0.05) is 6.54 Å². The van der Waals surface area contributed by atoms with Crippen LogP contribution in [-0.4, -0.2) is 34.8 Å². The van der Waals surface area contributed by atoms with Gasteiger partial charge in [-0.3, -0.25) is 9.78 Å². The zero-order valence-electron chi connectivity index (χ0n) is 13.8. The Morgan fingerprint density at radius 1 is 1.24 bits per heavy atom. The quantitative estimate of drug-likeness (QED) is 0.766. The van der Waals surface area contributed by atoms with Crippen molar-refractivity contribution in [3.8, 4) is 5.75 Å². The van der Waals surface area contributed by atoms with Crippen LogP contribution in [0.5, 0.6) is 5.75 Å². The zero-order valence-corrected chi connectivity index (χ0v) is 13.8. The van der Waals surface area contributed by atoms with Gasteiger partial charge < -0.3 is 14.7 Å². The van der Waals surface area contributed by atoms with Crippen LogP contribution in [0.2, 0.25) is 0 Å². The molecule has 0 spiro atoms. The smallest absolute Gasteiger partial charge is 0.260 e. The van der Waals surface area contributed by atoms with Crippen molar-refractivity contribution in [2.45, 2.75) is 18.6 Å². The molecular formula is C19H19N3O3. The number of hydrogen-bond donors (Lipinski definition) is 2. The number of aliphatic hydroxyl groups is 1. The van der Waals surface area contributed by atoms with E-state index in [1.165, 1.54) is 0 Å². The van der Waals surface area contributed by atoms with E-state index in [0.717, 1.165) is 11.3 Å². The molecule has 1 aliphatic heterocycles. The standard InChI is InChI=1S/C19H19N3O3/c1-25-14-6-4-5-12(9-14)17-10-13(23)11-22(17)19-20-16-8-3-2-7-15(16)18(24)21-19/h2-9,13,17,23H,10-11H2,1H3,(H,20,21,24)/t13-,17+/m0/s1. The van der Waals surface area contributed by atoms with Crippen LogP contribution in [0.1, 0.15) is 18.0 Å². The van der Waals surface area contributed by atoms with Crippen LogP contribution in [0, 0.1) is 0 Å². The molecule has 1 aromatic heterocycles. The van der Waals surface area contributed by atoms with Gasteiger partial charge in [-0.05, 0) is 36.2 Å². The highest BCUT2D eigenvalue weighted by Crippen LogP contribution is 2.35. The molecule has 0 unspecified atom stereocenters. The summed E-state index contributed by atoms with van der Waals surface area (Å²) in [7, 11) is 1.63. The molecule has 0 amide bonds. The van der Waals surface area contributed by atoms with Gasteiger partial charge in [0.2, 0.25) is 5.95 Å². The second kappa shape index (κ2) is 6.22. The minimum Gasteiger partial charge on any atom is -0.497 e. The highest BCUT2D eigenvalue weighted by molar-refractivity contribution is 5.78. The number of aliphatic hydroxyl groups excluding tert-OH is 1. The molecule has 3 aromatic rings. The van der Waals surface area contributed by atoms with E-state index in [2.05, 4.69) is 9.97 Å². The fourth-order valence-corrected chi connectivity index (χ4v) is 3.42. The van der Waals surface area contributed by atoms with Crippen LogP contribution in [0.4, 0.5) is 5.95 Å². The number of fused-ring (bicyclic) bond motifs is 1. The second-order valence-electron chi connectivity index (χ2n) is 6.24. The van der Waals surface area contributed by atoms with E-state index >= 15 is 0 Å². The van der Waals surface area contributed by atoms with Crippen molar-refractivity contribution in [1.29, 1.82) is 0 Å². The van der Waals surface area contributed by atoms with Gasteiger partial charge in [-0.2, -0.15) is 0 Å². The van der Waals surface area contributed by atoms with Crippen molar-refractivity contribution >= 4 is 16.9 Å². The molecule has 128 valence electrons. The van der Waals surface area contributed by atoms with Crippen molar-refractivity contribution < 1.29 is 9.84 Å². The van der Waals surface area contributed by atoms with Crippen molar-refractivity contribution in [3.05, 3.63) is 64.4 Å². The average Bonchev–Trinajstić information content (AvgIpc) is 3.03. The Bertz CT molecular complexity index is 969. The zero-order chi connectivity index (χ0) is 17.4. The molecule has 1 fully saturated rings. The molecule has 0 radical (unpaired) electrons. The Balaban J connectivity index is 1.78. The number of β-amino-alcohol motifs (C(OH)–C–C–N with tert-alkyl or cyclic N) is 1. The molecule has 0 aliphatic carbocycles. The largest absolute Gasteiger partial charge is 0.497 e. The summed E-state index contributed by atoms with van der Waals surface area (Å²) in [6.07, 6.45) is 0.0944. The molecule has 1 saturated heterocycles. The Kier molecular flexibility index (Phi) is 3.89. The summed E-state index contributed by atoms with van der Waals surface area (Å²) >= 11 is 0. The fourth-order valence-electron chi connectivity index (χ4n) is 3.42. The van der Waals surface area contributed by atoms with Gasteiger partial charge >= 0.3 is 0 Å². The molecule has 2 N–H and O–H groups in total. The summed E-state index contributed by atoms with van der Waals surface area (Å²) in [5.41, 5.74) is 1.49. The van der Waals surface area contributed by atoms with Gasteiger partial charge in [0.25, 0.3) is 5.56 Å². The number of anilines is 1. The first-order valence-electron chi connectivity index (χ1n) is 8.23. The van der Waals surface area contributed by atoms with E-state index in [4.69, 9.17) is 4.74 Å². The van der Waals surface area contributed by atoms with Crippen LogP contribution in [-0.2, 0) is 0 Å². The van der Waals surface area contributed by atoms with E-state index in [1.807, 2.05) is 47.4 Å². The van der Waals surface area contributed by atoms with Gasteiger partial charge in [0.05, 0.1) is 30.2 Å². The molecular weight excluding hydrogens is 318 g/mol. The predicted octanol–water partition coefficient (Wildman–Crippen LogP) is 2.24. The Morgan fingerprint density at radius 3 is 2.92 bits per heavy atom. The number of ether oxygens (including phenoxy) is 1. The molecule has 0 bridgehead atoms. The number of rotatable bonds is 3. The van der Waals surface area contributed by atoms with Gasteiger partial charge in [0.15, 0.2) is 0 Å². The minimum atomic E-state index is -0.479. The number of hydrogen-bond acceptors (Lipinski definition) is 5. The number of aromatic amines is 1. The van der Waals surface area contributed by atoms with Crippen molar-refractivity contribution in [3.63, 3.8) is 0 Å². The molecule has 0 saturated carbocycles. The first-order valence-corrected chi connectivity index (χ1v) is 8.23. The van der Waals surface area contributed by atoms with Crippen LogP contribution in [0.25, 0.3) is 10.9 Å². The fraction of sp³-hybridized carbons (Fsp3) is 0.263. The lowest BCUT2D eigenvalue weighted by Gasteiger charge is -2.25. The number of nitrogens with one attached hydrogen (secondary N) is 1. The molecule has 1 aliphatic rings. The molecule has 6 nitrogen and oxygen atoms in total. The Labute approximate surface area is 144 Å². The predicted molar refractivity (Wildman–Crippen MR) is 96.1 cm³/mol. The highest BCUT2D eigenvalue weighted by atomic mass is 16.5. The third-order valence-corrected chi connectivity index (χ3v) is 4.63. The molecule has 25 heavy (non-hydrogen) atoms. The van der Waals surface area contributed by atoms with Crippen molar-refractivity contribution in [2.75, 3.05) is 18.6 Å². The van der Waals surface area contributed by atoms with Crippen LogP contribution in [0.15, 0.2) is 53.3 Å². The molecule has 4 rings (SSSR count). The Hall–Kier alpha value is -2.86. The molecule has 6 heteroatoms. The number of H-pyrrole nitrogens is 1. The van der Waals surface area contributed by atoms with Crippen LogP contribution < -0.4 is 15.2 Å². The molecule has 2 aromatic carbocycles. The van der Waals surface area contributed by atoms with E-state index in [1.54, 1.807) is 13.2 Å². The third-order valence-electron chi connectivity index (χ3n) is 4.63. The minimum absolute atomic E-state index is 0.0746. The number of para-hydroxylation sites is 1. The molecule has 2 atom stereocenters. The number of methoxy groups -OCH3 is 1. The number of nitrogens with zero attached hydrogens (tertiary/aromatic N) is 2. The topological polar surface area (TPSA) is 78.5 Å². The Morgan fingerprint density at radius 2 is 2.08 bits per heavy atom. The SMILES string of the molecule is COc1cccc([C@H]2C[C@H](O)CN2c2nc3ccccc3c(=O)[nH]2)c1.